The number of carbonyl (C=O) groups is 1. The van der Waals surface area contributed by atoms with Gasteiger partial charge < -0.3 is 0 Å². The Kier molecular flexibility index (Phi) is 2.81. The molecule has 2 aromatic rings. The zero-order valence-electron chi connectivity index (χ0n) is 9.29. The van der Waals surface area contributed by atoms with E-state index in [1.54, 1.807) is 4.68 Å². The van der Waals surface area contributed by atoms with Crippen LogP contribution in [0.3, 0.4) is 0 Å². The number of rotatable bonds is 3. The quantitative estimate of drug-likeness (QED) is 0.736. The molecule has 0 radical (unpaired) electrons. The smallest absolute Gasteiger partial charge is 0.179 e. The van der Waals surface area contributed by atoms with Gasteiger partial charge >= 0.3 is 0 Å². The van der Waals surface area contributed by atoms with Gasteiger partial charge in [0, 0.05) is 6.92 Å². The fraction of sp³-hybridized carbons (Fsp3) is 0.250. The first-order chi connectivity index (χ1) is 7.70. The van der Waals surface area contributed by atoms with Crippen LogP contribution in [-0.2, 0) is 0 Å². The van der Waals surface area contributed by atoms with Crippen LogP contribution < -0.4 is 0 Å². The highest BCUT2D eigenvalue weighted by atomic mass is 16.1. The molecule has 1 aromatic carbocycles. The summed E-state index contributed by atoms with van der Waals surface area (Å²) in [5.41, 5.74) is 1.65. The number of nitrogens with zero attached hydrogens (tertiary/aromatic N) is 3. The summed E-state index contributed by atoms with van der Waals surface area (Å²) in [6.07, 6.45) is 1.50. The van der Waals surface area contributed by atoms with Crippen molar-refractivity contribution in [3.05, 3.63) is 47.8 Å². The number of hydrogen-bond donors (Lipinski definition) is 0. The molecule has 0 bridgehead atoms. The molecule has 0 saturated carbocycles. The Labute approximate surface area is 93.9 Å². The fourth-order valence-electron chi connectivity index (χ4n) is 1.65. The number of Topliss-reactive ketones (excluding diaryl/α,β-unsaturated/α-hetero) is 1. The number of aromatic nitrogens is 3. The molecule has 4 heteroatoms. The highest BCUT2D eigenvalue weighted by molar-refractivity contribution is 5.92. The second kappa shape index (κ2) is 4.26. The summed E-state index contributed by atoms with van der Waals surface area (Å²) in [6.45, 7) is 3.52. The lowest BCUT2D eigenvalue weighted by molar-refractivity contribution is 0.100. The molecule has 0 saturated heterocycles. The second-order valence-electron chi connectivity index (χ2n) is 3.71. The third-order valence-electron chi connectivity index (χ3n) is 2.58. The molecule has 82 valence electrons. The van der Waals surface area contributed by atoms with Crippen LogP contribution >= 0.6 is 0 Å². The van der Waals surface area contributed by atoms with E-state index in [2.05, 4.69) is 10.3 Å². The topological polar surface area (TPSA) is 47.8 Å². The Morgan fingerprint density at radius 3 is 2.62 bits per heavy atom. The van der Waals surface area contributed by atoms with Gasteiger partial charge in [0.1, 0.15) is 5.69 Å². The van der Waals surface area contributed by atoms with Crippen molar-refractivity contribution in [3.8, 4) is 0 Å². The number of benzene rings is 1. The Morgan fingerprint density at radius 1 is 1.31 bits per heavy atom. The number of hydrogen-bond acceptors (Lipinski definition) is 3. The third kappa shape index (κ3) is 1.86. The second-order valence-corrected chi connectivity index (χ2v) is 3.71. The van der Waals surface area contributed by atoms with Crippen LogP contribution in [0.1, 0.15) is 35.9 Å². The molecule has 1 aromatic heterocycles. The van der Waals surface area contributed by atoms with Crippen molar-refractivity contribution in [3.63, 3.8) is 0 Å². The highest BCUT2D eigenvalue weighted by Crippen LogP contribution is 2.17. The molecule has 4 nitrogen and oxygen atoms in total. The van der Waals surface area contributed by atoms with Gasteiger partial charge in [0.2, 0.25) is 0 Å². The Morgan fingerprint density at radius 2 is 2.00 bits per heavy atom. The van der Waals surface area contributed by atoms with E-state index in [0.29, 0.717) is 5.69 Å². The minimum atomic E-state index is -0.0206. The van der Waals surface area contributed by atoms with Crippen LogP contribution in [0.5, 0.6) is 0 Å². The van der Waals surface area contributed by atoms with Gasteiger partial charge in [0.15, 0.2) is 5.78 Å². The monoisotopic (exact) mass is 215 g/mol. The van der Waals surface area contributed by atoms with E-state index in [1.807, 2.05) is 37.3 Å². The van der Waals surface area contributed by atoms with Gasteiger partial charge in [-0.2, -0.15) is 0 Å². The van der Waals surface area contributed by atoms with Crippen LogP contribution in [0, 0.1) is 0 Å². The molecule has 16 heavy (non-hydrogen) atoms. The molecule has 0 N–H and O–H groups in total. The maximum Gasteiger partial charge on any atom is 0.179 e. The predicted molar refractivity (Wildman–Crippen MR) is 60.3 cm³/mol. The van der Waals surface area contributed by atoms with Gasteiger partial charge in [0.05, 0.1) is 12.2 Å². The fourth-order valence-corrected chi connectivity index (χ4v) is 1.65. The summed E-state index contributed by atoms with van der Waals surface area (Å²) in [5.74, 6) is -0.0206. The van der Waals surface area contributed by atoms with Gasteiger partial charge in [-0.1, -0.05) is 35.5 Å². The minimum absolute atomic E-state index is 0.0163. The zero-order chi connectivity index (χ0) is 11.5. The standard InChI is InChI=1S/C12H13N3O/c1-9(11-6-4-3-5-7-11)15-12(10(2)16)8-13-14-15/h3-9H,1-2H3/t9-/m1/s1. The summed E-state index contributed by atoms with van der Waals surface area (Å²) >= 11 is 0. The first-order valence-electron chi connectivity index (χ1n) is 5.16. The van der Waals surface area contributed by atoms with Crippen molar-refractivity contribution in [2.75, 3.05) is 0 Å². The van der Waals surface area contributed by atoms with Crippen molar-refractivity contribution in [2.24, 2.45) is 0 Å². The van der Waals surface area contributed by atoms with Gasteiger partial charge in [0.25, 0.3) is 0 Å². The lowest BCUT2D eigenvalue weighted by atomic mass is 10.1. The van der Waals surface area contributed by atoms with Gasteiger partial charge in [-0.25, -0.2) is 4.68 Å². The molecule has 2 rings (SSSR count). The molecule has 0 amide bonds. The summed E-state index contributed by atoms with van der Waals surface area (Å²) in [7, 11) is 0. The van der Waals surface area contributed by atoms with Gasteiger partial charge in [-0.3, -0.25) is 4.79 Å². The van der Waals surface area contributed by atoms with E-state index in [1.165, 1.54) is 13.1 Å². The van der Waals surface area contributed by atoms with Crippen molar-refractivity contribution in [2.45, 2.75) is 19.9 Å². The summed E-state index contributed by atoms with van der Waals surface area (Å²) in [6, 6.07) is 9.94. The molecule has 0 aliphatic rings. The normalized spacial score (nSPS) is 12.4. The van der Waals surface area contributed by atoms with Crippen molar-refractivity contribution in [1.82, 2.24) is 15.0 Å². The highest BCUT2D eigenvalue weighted by Gasteiger charge is 2.15. The average molecular weight is 215 g/mol. The van der Waals surface area contributed by atoms with Crippen LogP contribution in [-0.4, -0.2) is 20.8 Å². The van der Waals surface area contributed by atoms with Crippen molar-refractivity contribution in [1.29, 1.82) is 0 Å². The van der Waals surface area contributed by atoms with Crippen molar-refractivity contribution >= 4 is 5.78 Å². The molecule has 0 aliphatic heterocycles. The number of carbonyl (C=O) groups excluding carboxylic acids is 1. The lowest BCUT2D eigenvalue weighted by Crippen LogP contribution is -2.14. The Balaban J connectivity index is 2.38. The maximum absolute atomic E-state index is 11.4. The first kappa shape index (κ1) is 10.5. The third-order valence-corrected chi connectivity index (χ3v) is 2.58. The maximum atomic E-state index is 11.4. The molecule has 1 heterocycles. The van der Waals surface area contributed by atoms with E-state index in [-0.39, 0.29) is 11.8 Å². The molecule has 0 aliphatic carbocycles. The van der Waals surface area contributed by atoms with E-state index in [9.17, 15) is 4.79 Å². The van der Waals surface area contributed by atoms with E-state index >= 15 is 0 Å². The predicted octanol–water partition coefficient (Wildman–Crippen LogP) is 2.09. The Hall–Kier alpha value is -1.97. The summed E-state index contributed by atoms with van der Waals surface area (Å²) in [4.78, 5) is 11.4. The van der Waals surface area contributed by atoms with Gasteiger partial charge in [-0.15, -0.1) is 5.10 Å². The number of ketones is 1. The van der Waals surface area contributed by atoms with Gasteiger partial charge in [-0.05, 0) is 12.5 Å². The van der Waals surface area contributed by atoms with Crippen LogP contribution in [0.2, 0.25) is 0 Å². The summed E-state index contributed by atoms with van der Waals surface area (Å²) in [5, 5.41) is 7.74. The molecule has 0 spiro atoms. The van der Waals surface area contributed by atoms with Crippen LogP contribution in [0.25, 0.3) is 0 Å². The van der Waals surface area contributed by atoms with Crippen LogP contribution in [0.4, 0.5) is 0 Å². The molecular weight excluding hydrogens is 202 g/mol. The van der Waals surface area contributed by atoms with Crippen molar-refractivity contribution < 1.29 is 4.79 Å². The SMILES string of the molecule is CC(=O)c1cnnn1[C@H](C)c1ccccc1. The molecule has 0 unspecified atom stereocenters. The molecule has 1 atom stereocenters. The van der Waals surface area contributed by atoms with Crippen LogP contribution in [0.15, 0.2) is 36.5 Å². The first-order valence-corrected chi connectivity index (χ1v) is 5.16. The van der Waals surface area contributed by atoms with E-state index in [4.69, 9.17) is 0 Å². The Bertz CT molecular complexity index is 490. The largest absolute Gasteiger partial charge is 0.293 e. The van der Waals surface area contributed by atoms with E-state index in [0.717, 1.165) is 5.56 Å². The minimum Gasteiger partial charge on any atom is -0.293 e. The molecular formula is C12H13N3O. The molecule has 0 fully saturated rings. The zero-order valence-corrected chi connectivity index (χ0v) is 9.29. The lowest BCUT2D eigenvalue weighted by Gasteiger charge is -2.13. The average Bonchev–Trinajstić information content (AvgIpc) is 2.78. The van der Waals surface area contributed by atoms with E-state index < -0.39 is 0 Å². The summed E-state index contributed by atoms with van der Waals surface area (Å²) < 4.78 is 1.65.